The molecule has 0 fully saturated rings. The first-order chi connectivity index (χ1) is 12.3. The highest BCUT2D eigenvalue weighted by molar-refractivity contribution is 7.89. The molecule has 3 rings (SSSR count). The molecule has 0 spiro atoms. The largest absolute Gasteiger partial charge is 0.417 e. The Morgan fingerprint density at radius 3 is 2.54 bits per heavy atom. The van der Waals surface area contributed by atoms with E-state index in [0.717, 1.165) is 23.1 Å². The van der Waals surface area contributed by atoms with Gasteiger partial charge in [0.1, 0.15) is 0 Å². The van der Waals surface area contributed by atoms with Gasteiger partial charge in [0, 0.05) is 12.7 Å². The maximum absolute atomic E-state index is 13.1. The summed E-state index contributed by atoms with van der Waals surface area (Å²) in [5.41, 5.74) is 0.0744. The SMILES string of the molecule is O=S(=O)(NCc1ccnc(-c2cccs2)c1)c1ccccc1C(F)(F)F. The van der Waals surface area contributed by atoms with Crippen molar-refractivity contribution in [1.29, 1.82) is 0 Å². The van der Waals surface area contributed by atoms with Gasteiger partial charge in [0.2, 0.25) is 10.0 Å². The fourth-order valence-corrected chi connectivity index (χ4v) is 4.27. The van der Waals surface area contributed by atoms with Crippen LogP contribution in [-0.2, 0) is 22.7 Å². The molecule has 0 atom stereocenters. The van der Waals surface area contributed by atoms with Gasteiger partial charge in [-0.1, -0.05) is 18.2 Å². The number of hydrogen-bond acceptors (Lipinski definition) is 4. The van der Waals surface area contributed by atoms with E-state index in [4.69, 9.17) is 0 Å². The minimum atomic E-state index is -4.76. The highest BCUT2D eigenvalue weighted by Crippen LogP contribution is 2.34. The van der Waals surface area contributed by atoms with Gasteiger partial charge in [-0.25, -0.2) is 13.1 Å². The van der Waals surface area contributed by atoms with E-state index in [9.17, 15) is 21.6 Å². The number of benzene rings is 1. The lowest BCUT2D eigenvalue weighted by atomic mass is 10.2. The van der Waals surface area contributed by atoms with Crippen molar-refractivity contribution in [2.75, 3.05) is 0 Å². The van der Waals surface area contributed by atoms with Crippen molar-refractivity contribution in [3.63, 3.8) is 0 Å². The third-order valence-corrected chi connectivity index (χ3v) is 5.90. The van der Waals surface area contributed by atoms with Gasteiger partial charge in [-0.05, 0) is 41.3 Å². The number of hydrogen-bond donors (Lipinski definition) is 1. The molecule has 2 aromatic heterocycles. The van der Waals surface area contributed by atoms with Gasteiger partial charge in [0.15, 0.2) is 0 Å². The summed E-state index contributed by atoms with van der Waals surface area (Å²) in [6.07, 6.45) is -3.23. The van der Waals surface area contributed by atoms with E-state index in [1.54, 1.807) is 12.1 Å². The van der Waals surface area contributed by atoms with Crippen LogP contribution in [-0.4, -0.2) is 13.4 Å². The van der Waals surface area contributed by atoms with Crippen molar-refractivity contribution >= 4 is 21.4 Å². The Balaban J connectivity index is 1.83. The number of halogens is 3. The van der Waals surface area contributed by atoms with Crippen LogP contribution in [0.25, 0.3) is 10.6 Å². The number of nitrogens with one attached hydrogen (secondary N) is 1. The number of pyridine rings is 1. The zero-order valence-electron chi connectivity index (χ0n) is 13.2. The van der Waals surface area contributed by atoms with Crippen LogP contribution in [0.2, 0.25) is 0 Å². The summed E-state index contributed by atoms with van der Waals surface area (Å²) in [6.45, 7) is -0.143. The highest BCUT2D eigenvalue weighted by atomic mass is 32.2. The number of alkyl halides is 3. The van der Waals surface area contributed by atoms with Gasteiger partial charge in [0.25, 0.3) is 0 Å². The number of rotatable bonds is 5. The molecule has 0 amide bonds. The topological polar surface area (TPSA) is 59.1 Å². The van der Waals surface area contributed by atoms with Crippen LogP contribution in [0.15, 0.2) is 65.0 Å². The van der Waals surface area contributed by atoms with E-state index in [0.29, 0.717) is 11.3 Å². The molecule has 9 heteroatoms. The molecular formula is C17H13F3N2O2S2. The van der Waals surface area contributed by atoms with E-state index in [1.807, 2.05) is 17.5 Å². The second-order valence-corrected chi connectivity index (χ2v) is 8.03. The van der Waals surface area contributed by atoms with Crippen LogP contribution < -0.4 is 4.72 Å². The van der Waals surface area contributed by atoms with E-state index < -0.39 is 26.7 Å². The maximum atomic E-state index is 13.1. The first-order valence-electron chi connectivity index (χ1n) is 7.42. The molecule has 2 heterocycles. The molecule has 1 N–H and O–H groups in total. The Morgan fingerprint density at radius 1 is 1.08 bits per heavy atom. The first-order valence-corrected chi connectivity index (χ1v) is 9.78. The molecule has 0 radical (unpaired) electrons. The van der Waals surface area contributed by atoms with Crippen molar-refractivity contribution in [2.45, 2.75) is 17.6 Å². The Morgan fingerprint density at radius 2 is 1.85 bits per heavy atom. The summed E-state index contributed by atoms with van der Waals surface area (Å²) in [6, 6.07) is 11.1. The molecule has 0 aliphatic rings. The molecule has 26 heavy (non-hydrogen) atoms. The smallest absolute Gasteiger partial charge is 0.255 e. The van der Waals surface area contributed by atoms with E-state index in [2.05, 4.69) is 9.71 Å². The van der Waals surface area contributed by atoms with Crippen molar-refractivity contribution in [3.05, 3.63) is 71.2 Å². The van der Waals surface area contributed by atoms with Crippen molar-refractivity contribution in [3.8, 4) is 10.6 Å². The molecular weight excluding hydrogens is 385 g/mol. The predicted molar refractivity (Wildman–Crippen MR) is 93.0 cm³/mol. The number of sulfonamides is 1. The van der Waals surface area contributed by atoms with Gasteiger partial charge in [0.05, 0.1) is 21.0 Å². The second-order valence-electron chi connectivity index (χ2n) is 5.35. The third kappa shape index (κ3) is 4.12. The number of aromatic nitrogens is 1. The van der Waals surface area contributed by atoms with Gasteiger partial charge in [-0.15, -0.1) is 11.3 Å². The van der Waals surface area contributed by atoms with Gasteiger partial charge in [-0.3, -0.25) is 4.98 Å². The van der Waals surface area contributed by atoms with Crippen LogP contribution in [0, 0.1) is 0 Å². The summed E-state index contributed by atoms with van der Waals surface area (Å²) in [5.74, 6) is 0. The molecule has 1 aromatic carbocycles. The van der Waals surface area contributed by atoms with Gasteiger partial charge >= 0.3 is 6.18 Å². The fraction of sp³-hybridized carbons (Fsp3) is 0.118. The predicted octanol–water partition coefficient (Wildman–Crippen LogP) is 4.31. The molecule has 4 nitrogen and oxygen atoms in total. The van der Waals surface area contributed by atoms with Crippen LogP contribution in [0.3, 0.4) is 0 Å². The average Bonchev–Trinajstić information content (AvgIpc) is 3.14. The summed E-state index contributed by atoms with van der Waals surface area (Å²) in [5, 5.41) is 1.89. The normalized spacial score (nSPS) is 12.3. The van der Waals surface area contributed by atoms with Crippen molar-refractivity contribution < 1.29 is 21.6 Å². The third-order valence-electron chi connectivity index (χ3n) is 3.55. The van der Waals surface area contributed by atoms with E-state index >= 15 is 0 Å². The standard InChI is InChI=1S/C17H13F3N2O2S2/c18-17(19,20)13-4-1-2-6-16(13)26(23,24)22-11-12-7-8-21-14(10-12)15-5-3-9-25-15/h1-10,22H,11H2. The van der Waals surface area contributed by atoms with Crippen LogP contribution in [0.4, 0.5) is 13.2 Å². The minimum absolute atomic E-state index is 0.143. The molecule has 0 aliphatic carbocycles. The van der Waals surface area contributed by atoms with Crippen LogP contribution >= 0.6 is 11.3 Å². The molecule has 0 saturated carbocycles. The van der Waals surface area contributed by atoms with Crippen molar-refractivity contribution in [1.82, 2.24) is 9.71 Å². The summed E-state index contributed by atoms with van der Waals surface area (Å²) >= 11 is 1.48. The highest BCUT2D eigenvalue weighted by Gasteiger charge is 2.36. The summed E-state index contributed by atoms with van der Waals surface area (Å²) in [4.78, 5) is 4.34. The average molecular weight is 398 g/mol. The maximum Gasteiger partial charge on any atom is 0.417 e. The zero-order valence-corrected chi connectivity index (χ0v) is 14.8. The molecule has 3 aromatic rings. The monoisotopic (exact) mass is 398 g/mol. The molecule has 0 bridgehead atoms. The first kappa shape index (κ1) is 18.6. The Bertz CT molecular complexity index is 1000. The lowest BCUT2D eigenvalue weighted by molar-refractivity contribution is -0.139. The zero-order chi connectivity index (χ0) is 18.8. The molecule has 0 saturated heterocycles. The Labute approximate surface area is 152 Å². The second kappa shape index (κ2) is 7.18. The minimum Gasteiger partial charge on any atom is -0.255 e. The Hall–Kier alpha value is -2.23. The van der Waals surface area contributed by atoms with Crippen LogP contribution in [0.5, 0.6) is 0 Å². The fourth-order valence-electron chi connectivity index (χ4n) is 2.33. The Kier molecular flexibility index (Phi) is 5.12. The van der Waals surface area contributed by atoms with E-state index in [1.165, 1.54) is 23.6 Å². The lowest BCUT2D eigenvalue weighted by Crippen LogP contribution is -2.26. The van der Waals surface area contributed by atoms with E-state index in [-0.39, 0.29) is 6.54 Å². The van der Waals surface area contributed by atoms with Crippen LogP contribution in [0.1, 0.15) is 11.1 Å². The molecule has 0 aliphatic heterocycles. The quantitative estimate of drug-likeness (QED) is 0.697. The number of nitrogens with zero attached hydrogens (tertiary/aromatic N) is 1. The lowest BCUT2D eigenvalue weighted by Gasteiger charge is -2.13. The molecule has 0 unspecified atom stereocenters. The van der Waals surface area contributed by atoms with Gasteiger partial charge in [-0.2, -0.15) is 13.2 Å². The van der Waals surface area contributed by atoms with Crippen molar-refractivity contribution in [2.24, 2.45) is 0 Å². The molecule has 136 valence electrons. The summed E-state index contributed by atoms with van der Waals surface area (Å²) in [7, 11) is -4.33. The summed E-state index contributed by atoms with van der Waals surface area (Å²) < 4.78 is 66.1. The number of thiophene rings is 1. The van der Waals surface area contributed by atoms with Gasteiger partial charge < -0.3 is 0 Å².